The van der Waals surface area contributed by atoms with Gasteiger partial charge in [0.1, 0.15) is 11.9 Å². The standard InChI is InChI=1S/C11H17NO3/c1-11(2,3)12-10(14)15-9-7-4-6(13)5-8(7)9/h7-9H,4-5H2,1-3H3,(H,12,14). The van der Waals surface area contributed by atoms with Crippen LogP contribution in [0.4, 0.5) is 4.79 Å². The molecule has 0 radical (unpaired) electrons. The largest absolute Gasteiger partial charge is 0.446 e. The van der Waals surface area contributed by atoms with Crippen LogP contribution in [0.2, 0.25) is 0 Å². The maximum atomic E-state index is 11.4. The van der Waals surface area contributed by atoms with Crippen molar-refractivity contribution in [2.24, 2.45) is 11.8 Å². The summed E-state index contributed by atoms with van der Waals surface area (Å²) in [5, 5.41) is 2.74. The van der Waals surface area contributed by atoms with Gasteiger partial charge in [-0.15, -0.1) is 0 Å². The van der Waals surface area contributed by atoms with Gasteiger partial charge in [-0.2, -0.15) is 0 Å². The maximum Gasteiger partial charge on any atom is 0.407 e. The summed E-state index contributed by atoms with van der Waals surface area (Å²) >= 11 is 0. The van der Waals surface area contributed by atoms with Gasteiger partial charge in [-0.25, -0.2) is 4.79 Å². The topological polar surface area (TPSA) is 55.4 Å². The van der Waals surface area contributed by atoms with Crippen LogP contribution in [0, 0.1) is 11.8 Å². The van der Waals surface area contributed by atoms with E-state index in [1.54, 1.807) is 0 Å². The van der Waals surface area contributed by atoms with Gasteiger partial charge in [-0.05, 0) is 20.8 Å². The predicted octanol–water partition coefficient (Wildman–Crippen LogP) is 1.49. The minimum absolute atomic E-state index is 0.00921. The van der Waals surface area contributed by atoms with Gasteiger partial charge in [0.15, 0.2) is 0 Å². The summed E-state index contributed by atoms with van der Waals surface area (Å²) in [6.45, 7) is 5.72. The first-order valence-electron chi connectivity index (χ1n) is 5.37. The number of hydrogen-bond donors (Lipinski definition) is 1. The quantitative estimate of drug-likeness (QED) is 0.715. The highest BCUT2D eigenvalue weighted by Crippen LogP contribution is 2.52. The van der Waals surface area contributed by atoms with Crippen LogP contribution in [0.5, 0.6) is 0 Å². The molecule has 1 amide bonds. The van der Waals surface area contributed by atoms with Gasteiger partial charge in [0.2, 0.25) is 0 Å². The fourth-order valence-electron chi connectivity index (χ4n) is 2.19. The molecule has 1 N–H and O–H groups in total. The minimum Gasteiger partial charge on any atom is -0.446 e. The third-order valence-electron chi connectivity index (χ3n) is 2.90. The van der Waals surface area contributed by atoms with E-state index in [9.17, 15) is 9.59 Å². The molecule has 4 heteroatoms. The highest BCUT2D eigenvalue weighted by atomic mass is 16.6. The Kier molecular flexibility index (Phi) is 2.24. The van der Waals surface area contributed by atoms with Crippen LogP contribution in [-0.2, 0) is 9.53 Å². The Balaban J connectivity index is 1.76. The lowest BCUT2D eigenvalue weighted by Gasteiger charge is -2.20. The molecule has 2 aliphatic rings. The van der Waals surface area contributed by atoms with Gasteiger partial charge in [0.05, 0.1) is 0 Å². The smallest absolute Gasteiger partial charge is 0.407 e. The summed E-state index contributed by atoms with van der Waals surface area (Å²) in [7, 11) is 0. The molecule has 2 atom stereocenters. The van der Waals surface area contributed by atoms with Crippen molar-refractivity contribution in [1.29, 1.82) is 0 Å². The third-order valence-corrected chi connectivity index (χ3v) is 2.90. The highest BCUT2D eigenvalue weighted by molar-refractivity contribution is 5.83. The van der Waals surface area contributed by atoms with E-state index >= 15 is 0 Å². The third kappa shape index (κ3) is 2.30. The van der Waals surface area contributed by atoms with E-state index in [1.165, 1.54) is 0 Å². The number of nitrogens with one attached hydrogen (secondary N) is 1. The van der Waals surface area contributed by atoms with Crippen molar-refractivity contribution in [2.75, 3.05) is 0 Å². The molecule has 84 valence electrons. The van der Waals surface area contributed by atoms with Crippen molar-refractivity contribution in [3.8, 4) is 0 Å². The average Bonchev–Trinajstić information content (AvgIpc) is 2.54. The molecule has 0 bridgehead atoms. The number of rotatable bonds is 1. The van der Waals surface area contributed by atoms with E-state index in [2.05, 4.69) is 5.32 Å². The van der Waals surface area contributed by atoms with E-state index in [0.717, 1.165) is 0 Å². The van der Waals surface area contributed by atoms with Gasteiger partial charge in [-0.3, -0.25) is 4.79 Å². The molecule has 0 aliphatic heterocycles. The predicted molar refractivity (Wildman–Crippen MR) is 54.4 cm³/mol. The second kappa shape index (κ2) is 3.22. The van der Waals surface area contributed by atoms with Crippen LogP contribution < -0.4 is 5.32 Å². The summed E-state index contributed by atoms with van der Waals surface area (Å²) in [6, 6.07) is 0. The van der Waals surface area contributed by atoms with Gasteiger partial charge >= 0.3 is 6.09 Å². The molecule has 2 fully saturated rings. The zero-order valence-corrected chi connectivity index (χ0v) is 9.37. The Labute approximate surface area is 89.4 Å². The molecule has 0 heterocycles. The van der Waals surface area contributed by atoms with E-state index in [-0.39, 0.29) is 17.7 Å². The van der Waals surface area contributed by atoms with Crippen molar-refractivity contribution < 1.29 is 14.3 Å². The van der Waals surface area contributed by atoms with E-state index in [1.807, 2.05) is 20.8 Å². The fourth-order valence-corrected chi connectivity index (χ4v) is 2.19. The lowest BCUT2D eigenvalue weighted by atomic mass is 10.1. The number of Topliss-reactive ketones (excluding diaryl/α,β-unsaturated/α-hetero) is 1. The van der Waals surface area contributed by atoms with Gasteiger partial charge in [0.25, 0.3) is 0 Å². The van der Waals surface area contributed by atoms with Crippen molar-refractivity contribution in [1.82, 2.24) is 5.32 Å². The Hall–Kier alpha value is -1.06. The van der Waals surface area contributed by atoms with Crippen molar-refractivity contribution in [3.63, 3.8) is 0 Å². The van der Waals surface area contributed by atoms with Crippen LogP contribution in [0.1, 0.15) is 33.6 Å². The van der Waals surface area contributed by atoms with Gasteiger partial charge in [-0.1, -0.05) is 0 Å². The normalized spacial score (nSPS) is 33.5. The molecular formula is C11H17NO3. The number of amides is 1. The Morgan fingerprint density at radius 3 is 2.33 bits per heavy atom. The highest BCUT2D eigenvalue weighted by Gasteiger charge is 2.58. The summed E-state index contributed by atoms with van der Waals surface area (Å²) in [6.07, 6.45) is 0.815. The molecule has 0 spiro atoms. The second-order valence-electron chi connectivity index (χ2n) is 5.52. The maximum absolute atomic E-state index is 11.4. The Morgan fingerprint density at radius 1 is 1.33 bits per heavy atom. The number of carbonyl (C=O) groups is 2. The molecule has 0 aromatic heterocycles. The van der Waals surface area contributed by atoms with Crippen molar-refractivity contribution in [2.45, 2.75) is 45.3 Å². The number of ether oxygens (including phenoxy) is 1. The molecule has 2 rings (SSSR count). The first kappa shape index (κ1) is 10.5. The van der Waals surface area contributed by atoms with Gasteiger partial charge in [0, 0.05) is 30.2 Å². The molecular weight excluding hydrogens is 194 g/mol. The molecule has 0 saturated heterocycles. The molecule has 0 aromatic carbocycles. The number of fused-ring (bicyclic) bond motifs is 1. The SMILES string of the molecule is CC(C)(C)NC(=O)OC1C2CC(=O)CC21. The molecule has 2 unspecified atom stereocenters. The van der Waals surface area contributed by atoms with Gasteiger partial charge < -0.3 is 10.1 Å². The van der Waals surface area contributed by atoms with Crippen LogP contribution in [0.25, 0.3) is 0 Å². The minimum atomic E-state index is -0.366. The number of alkyl carbamates (subject to hydrolysis) is 1. The van der Waals surface area contributed by atoms with Crippen LogP contribution in [0.3, 0.4) is 0 Å². The van der Waals surface area contributed by atoms with E-state index in [4.69, 9.17) is 4.74 Å². The van der Waals surface area contributed by atoms with Crippen LogP contribution in [-0.4, -0.2) is 23.5 Å². The molecule has 2 aliphatic carbocycles. The molecule has 4 nitrogen and oxygen atoms in total. The first-order valence-corrected chi connectivity index (χ1v) is 5.37. The monoisotopic (exact) mass is 211 g/mol. The summed E-state index contributed by atoms with van der Waals surface area (Å²) in [5.74, 6) is 0.924. The Bertz CT molecular complexity index is 291. The Morgan fingerprint density at radius 2 is 1.87 bits per heavy atom. The van der Waals surface area contributed by atoms with Crippen LogP contribution in [0.15, 0.2) is 0 Å². The summed E-state index contributed by atoms with van der Waals surface area (Å²) < 4.78 is 5.25. The first-order chi connectivity index (χ1) is 6.87. The lowest BCUT2D eigenvalue weighted by molar-refractivity contribution is -0.118. The average molecular weight is 211 g/mol. The number of ketones is 1. The molecule has 0 aromatic rings. The fraction of sp³-hybridized carbons (Fsp3) is 0.818. The summed E-state index contributed by atoms with van der Waals surface area (Å²) in [4.78, 5) is 22.4. The number of carbonyl (C=O) groups excluding carboxylic acids is 2. The van der Waals surface area contributed by atoms with Crippen molar-refractivity contribution >= 4 is 11.9 Å². The second-order valence-corrected chi connectivity index (χ2v) is 5.52. The van der Waals surface area contributed by atoms with Crippen LogP contribution >= 0.6 is 0 Å². The summed E-state index contributed by atoms with van der Waals surface area (Å²) in [5.41, 5.74) is -0.267. The number of hydrogen-bond acceptors (Lipinski definition) is 3. The van der Waals surface area contributed by atoms with E-state index < -0.39 is 0 Å². The van der Waals surface area contributed by atoms with E-state index in [0.29, 0.717) is 30.5 Å². The zero-order chi connectivity index (χ0) is 11.2. The lowest BCUT2D eigenvalue weighted by Crippen LogP contribution is -2.41. The zero-order valence-electron chi connectivity index (χ0n) is 9.37. The van der Waals surface area contributed by atoms with Crippen molar-refractivity contribution in [3.05, 3.63) is 0 Å². The molecule has 15 heavy (non-hydrogen) atoms. The molecule has 2 saturated carbocycles.